The Hall–Kier alpha value is -4.07. The number of nitrogens with one attached hydrogen (secondary N) is 2. The lowest BCUT2D eigenvalue weighted by Crippen LogP contribution is -2.38. The Bertz CT molecular complexity index is 1750. The van der Waals surface area contributed by atoms with Crippen LogP contribution in [0.25, 0.3) is 0 Å². The van der Waals surface area contributed by atoms with E-state index in [4.69, 9.17) is 4.74 Å². The van der Waals surface area contributed by atoms with E-state index in [2.05, 4.69) is 10.0 Å². The monoisotopic (exact) mass is 629 g/mol. The van der Waals surface area contributed by atoms with Crippen molar-refractivity contribution >= 4 is 54.8 Å². The highest BCUT2D eigenvalue weighted by molar-refractivity contribution is 7.98. The molecule has 220 valence electrons. The lowest BCUT2D eigenvalue weighted by molar-refractivity contribution is -0.114. The zero-order valence-corrected chi connectivity index (χ0v) is 25.1. The smallest absolute Gasteiger partial charge is 0.264 e. The summed E-state index contributed by atoms with van der Waals surface area (Å²) in [7, 11) is -8.17. The van der Waals surface area contributed by atoms with Gasteiger partial charge in [0, 0.05) is 16.3 Å². The molecule has 0 spiro atoms. The number of ether oxygens (including phenoxy) is 1. The van der Waals surface area contributed by atoms with Crippen molar-refractivity contribution in [2.45, 2.75) is 21.6 Å². The van der Waals surface area contributed by atoms with E-state index < -0.39 is 38.3 Å². The number of hydrogen-bond donors (Lipinski definition) is 2. The van der Waals surface area contributed by atoms with E-state index in [9.17, 15) is 26.0 Å². The Balaban J connectivity index is 1.57. The first-order chi connectivity index (χ1) is 20.0. The van der Waals surface area contributed by atoms with Crippen LogP contribution < -0.4 is 19.1 Å². The van der Waals surface area contributed by atoms with Crippen LogP contribution >= 0.6 is 11.8 Å². The van der Waals surface area contributed by atoms with Gasteiger partial charge in [0.25, 0.3) is 20.0 Å². The lowest BCUT2D eigenvalue weighted by Gasteiger charge is -2.26. The van der Waals surface area contributed by atoms with Crippen molar-refractivity contribution in [3.05, 3.63) is 103 Å². The molecule has 0 unspecified atom stereocenters. The van der Waals surface area contributed by atoms with Gasteiger partial charge < -0.3 is 10.1 Å². The number of thioether (sulfide) groups is 1. The fourth-order valence-electron chi connectivity index (χ4n) is 3.90. The summed E-state index contributed by atoms with van der Waals surface area (Å²) in [5.41, 5.74) is 0.628. The molecule has 9 nitrogen and oxygen atoms in total. The van der Waals surface area contributed by atoms with Gasteiger partial charge in [0.2, 0.25) is 5.91 Å². The van der Waals surface area contributed by atoms with Crippen molar-refractivity contribution in [3.8, 4) is 5.75 Å². The standard InChI is InChI=1S/C29H28FN3O6S3/c1-3-39-28-7-5-4-6-27(28)33(42(37,38)26-18-14-24(40-2)15-19-26)20-29(34)31-22-12-16-25(17-13-22)41(35,36)32-23-10-8-21(30)9-11-23/h4-19,32H,3,20H2,1-2H3,(H,31,34). The molecule has 0 bridgehead atoms. The van der Waals surface area contributed by atoms with Gasteiger partial charge in [-0.05, 0) is 98.1 Å². The van der Waals surface area contributed by atoms with E-state index in [0.717, 1.165) is 21.3 Å². The normalized spacial score (nSPS) is 11.5. The molecule has 1 amide bonds. The fourth-order valence-corrected chi connectivity index (χ4v) is 6.79. The molecule has 0 saturated heterocycles. The highest BCUT2D eigenvalue weighted by atomic mass is 32.2. The summed E-state index contributed by atoms with van der Waals surface area (Å²) >= 11 is 1.47. The van der Waals surface area contributed by atoms with Crippen LogP contribution in [0.3, 0.4) is 0 Å². The number of anilines is 3. The largest absolute Gasteiger partial charge is 0.492 e. The Morgan fingerprint density at radius 1 is 0.833 bits per heavy atom. The van der Waals surface area contributed by atoms with E-state index in [1.165, 1.54) is 60.3 Å². The first-order valence-corrected chi connectivity index (χ1v) is 16.7. The Kier molecular flexibility index (Phi) is 9.76. The molecule has 2 N–H and O–H groups in total. The molecule has 4 aromatic carbocycles. The summed E-state index contributed by atoms with van der Waals surface area (Å²) in [6.45, 7) is 1.47. The number of carbonyl (C=O) groups is 1. The summed E-state index contributed by atoms with van der Waals surface area (Å²) in [4.78, 5) is 14.0. The SMILES string of the molecule is CCOc1ccccc1N(CC(=O)Nc1ccc(S(=O)(=O)Nc2ccc(F)cc2)cc1)S(=O)(=O)c1ccc(SC)cc1. The van der Waals surface area contributed by atoms with Gasteiger partial charge in [0.05, 0.1) is 22.1 Å². The van der Waals surface area contributed by atoms with Crippen molar-refractivity contribution in [1.82, 2.24) is 0 Å². The average Bonchev–Trinajstić information content (AvgIpc) is 2.98. The third-order valence-corrected chi connectivity index (χ3v) is 9.83. The van der Waals surface area contributed by atoms with Gasteiger partial charge in [-0.25, -0.2) is 21.2 Å². The summed E-state index contributed by atoms with van der Waals surface area (Å²) in [5.74, 6) is -0.870. The molecule has 0 aromatic heterocycles. The number of rotatable bonds is 12. The second-order valence-corrected chi connectivity index (χ2v) is 13.2. The molecule has 0 saturated carbocycles. The number of hydrogen-bond acceptors (Lipinski definition) is 7. The Morgan fingerprint density at radius 2 is 1.43 bits per heavy atom. The molecule has 0 heterocycles. The molecular formula is C29H28FN3O6S3. The van der Waals surface area contributed by atoms with Crippen molar-refractivity contribution in [2.24, 2.45) is 0 Å². The Labute approximate surface area is 248 Å². The quantitative estimate of drug-likeness (QED) is 0.196. The van der Waals surface area contributed by atoms with Gasteiger partial charge in [0.1, 0.15) is 18.1 Å². The molecule has 4 aromatic rings. The first-order valence-electron chi connectivity index (χ1n) is 12.6. The number of amides is 1. The van der Waals surface area contributed by atoms with E-state index in [-0.39, 0.29) is 33.5 Å². The van der Waals surface area contributed by atoms with Crippen LogP contribution in [-0.4, -0.2) is 42.2 Å². The maximum Gasteiger partial charge on any atom is 0.264 e. The molecule has 0 radical (unpaired) electrons. The lowest BCUT2D eigenvalue weighted by atomic mass is 10.3. The summed E-state index contributed by atoms with van der Waals surface area (Å²) in [5, 5.41) is 2.62. The predicted octanol–water partition coefficient (Wildman–Crippen LogP) is 5.58. The van der Waals surface area contributed by atoms with Crippen LogP contribution in [0.5, 0.6) is 5.75 Å². The average molecular weight is 630 g/mol. The maximum absolute atomic E-state index is 13.8. The van der Waals surface area contributed by atoms with Crippen molar-refractivity contribution in [1.29, 1.82) is 0 Å². The van der Waals surface area contributed by atoms with Crippen LogP contribution in [0, 0.1) is 5.82 Å². The molecular weight excluding hydrogens is 602 g/mol. The second kappa shape index (κ2) is 13.3. The minimum absolute atomic E-state index is 0.00242. The third kappa shape index (κ3) is 7.41. The summed E-state index contributed by atoms with van der Waals surface area (Å²) in [6.07, 6.45) is 1.88. The summed E-state index contributed by atoms with van der Waals surface area (Å²) < 4.78 is 75.1. The number of nitrogens with zero attached hydrogens (tertiary/aromatic N) is 1. The highest BCUT2D eigenvalue weighted by Crippen LogP contribution is 2.33. The molecule has 0 aliphatic rings. The molecule has 0 aliphatic heterocycles. The van der Waals surface area contributed by atoms with Crippen molar-refractivity contribution < 1.29 is 30.8 Å². The summed E-state index contributed by atoms with van der Waals surface area (Å²) in [6, 6.07) is 23.0. The molecule has 13 heteroatoms. The maximum atomic E-state index is 13.8. The van der Waals surface area contributed by atoms with E-state index in [1.807, 2.05) is 6.26 Å². The number of para-hydroxylation sites is 2. The minimum atomic E-state index is -4.19. The van der Waals surface area contributed by atoms with E-state index in [1.54, 1.807) is 43.3 Å². The molecule has 0 fully saturated rings. The fraction of sp³-hybridized carbons (Fsp3) is 0.138. The first kappa shape index (κ1) is 30.9. The highest BCUT2D eigenvalue weighted by Gasteiger charge is 2.29. The molecule has 42 heavy (non-hydrogen) atoms. The van der Waals surface area contributed by atoms with Gasteiger partial charge in [-0.15, -0.1) is 11.8 Å². The van der Waals surface area contributed by atoms with Crippen molar-refractivity contribution in [3.63, 3.8) is 0 Å². The predicted molar refractivity (Wildman–Crippen MR) is 163 cm³/mol. The number of sulfonamides is 2. The van der Waals surface area contributed by atoms with Gasteiger partial charge in [-0.3, -0.25) is 13.8 Å². The van der Waals surface area contributed by atoms with Crippen LogP contribution in [0.2, 0.25) is 0 Å². The molecule has 0 aliphatic carbocycles. The number of halogens is 1. The minimum Gasteiger partial charge on any atom is -0.492 e. The van der Waals surface area contributed by atoms with Crippen LogP contribution in [0.15, 0.2) is 112 Å². The van der Waals surface area contributed by atoms with E-state index >= 15 is 0 Å². The second-order valence-electron chi connectivity index (χ2n) is 8.77. The van der Waals surface area contributed by atoms with Gasteiger partial charge in [-0.1, -0.05) is 12.1 Å². The van der Waals surface area contributed by atoms with E-state index in [0.29, 0.717) is 5.75 Å². The Morgan fingerprint density at radius 3 is 2.05 bits per heavy atom. The topological polar surface area (TPSA) is 122 Å². The zero-order valence-electron chi connectivity index (χ0n) is 22.7. The molecule has 0 atom stereocenters. The zero-order chi connectivity index (χ0) is 30.3. The van der Waals surface area contributed by atoms with Gasteiger partial charge in [-0.2, -0.15) is 0 Å². The van der Waals surface area contributed by atoms with Gasteiger partial charge in [0.15, 0.2) is 0 Å². The third-order valence-electron chi connectivity index (χ3n) is 5.91. The number of carbonyl (C=O) groups excluding carboxylic acids is 1. The van der Waals surface area contributed by atoms with Crippen molar-refractivity contribution in [2.75, 3.05) is 33.8 Å². The van der Waals surface area contributed by atoms with Crippen LogP contribution in [-0.2, 0) is 24.8 Å². The van der Waals surface area contributed by atoms with Crippen LogP contribution in [0.4, 0.5) is 21.5 Å². The number of benzene rings is 4. The van der Waals surface area contributed by atoms with Crippen LogP contribution in [0.1, 0.15) is 6.92 Å². The molecule has 4 rings (SSSR count). The van der Waals surface area contributed by atoms with Gasteiger partial charge >= 0.3 is 0 Å².